The fourth-order valence-electron chi connectivity index (χ4n) is 1.94. The number of ether oxygens (including phenoxy) is 2. The van der Waals surface area contributed by atoms with Gasteiger partial charge in [-0.2, -0.15) is 0 Å². The van der Waals surface area contributed by atoms with Crippen molar-refractivity contribution < 1.29 is 13.9 Å². The molecule has 5 heteroatoms. The Labute approximate surface area is 114 Å². The summed E-state index contributed by atoms with van der Waals surface area (Å²) in [6.45, 7) is 3.97. The molecule has 0 bridgehead atoms. The number of hydrogen-bond donors (Lipinski definition) is 2. The Balaban J connectivity index is 2.91. The van der Waals surface area contributed by atoms with Crippen LogP contribution in [0, 0.1) is 5.82 Å². The van der Waals surface area contributed by atoms with Gasteiger partial charge in [-0.1, -0.05) is 6.07 Å². The predicted octanol–water partition coefficient (Wildman–Crippen LogP) is 2.54. The molecular formula is C14H23FN2O2. The highest BCUT2D eigenvalue weighted by atomic mass is 19.1. The third-order valence-corrected chi connectivity index (χ3v) is 3.37. The van der Waals surface area contributed by atoms with Crippen molar-refractivity contribution in [3.63, 3.8) is 0 Å². The highest BCUT2D eigenvalue weighted by Gasteiger charge is 2.23. The molecule has 0 amide bonds. The molecule has 0 saturated carbocycles. The predicted molar refractivity (Wildman–Crippen MR) is 73.3 cm³/mol. The van der Waals surface area contributed by atoms with E-state index in [-0.39, 0.29) is 17.5 Å². The molecule has 108 valence electrons. The minimum absolute atomic E-state index is 0.270. The molecule has 1 aromatic carbocycles. The van der Waals surface area contributed by atoms with Gasteiger partial charge in [0.2, 0.25) is 0 Å². The van der Waals surface area contributed by atoms with E-state index in [0.717, 1.165) is 6.42 Å². The van der Waals surface area contributed by atoms with E-state index in [9.17, 15) is 4.39 Å². The second kappa shape index (κ2) is 6.84. The Kier molecular flexibility index (Phi) is 5.72. The molecule has 0 spiro atoms. The van der Waals surface area contributed by atoms with Gasteiger partial charge in [-0.25, -0.2) is 4.39 Å². The van der Waals surface area contributed by atoms with E-state index >= 15 is 0 Å². The molecular weight excluding hydrogens is 247 g/mol. The summed E-state index contributed by atoms with van der Waals surface area (Å²) in [5.74, 6) is 5.73. The molecule has 0 aliphatic rings. The van der Waals surface area contributed by atoms with E-state index in [1.165, 1.54) is 13.2 Å². The first kappa shape index (κ1) is 15.9. The maximum atomic E-state index is 14.0. The fourth-order valence-corrected chi connectivity index (χ4v) is 1.94. The van der Waals surface area contributed by atoms with Crippen LogP contribution in [0.2, 0.25) is 0 Å². The van der Waals surface area contributed by atoms with Gasteiger partial charge in [0.05, 0.1) is 18.8 Å². The Morgan fingerprint density at radius 1 is 1.37 bits per heavy atom. The van der Waals surface area contributed by atoms with Crippen molar-refractivity contribution in [2.45, 2.75) is 38.3 Å². The maximum Gasteiger partial charge on any atom is 0.131 e. The Bertz CT molecular complexity index is 410. The van der Waals surface area contributed by atoms with Gasteiger partial charge in [-0.3, -0.25) is 11.3 Å². The molecule has 0 aliphatic carbocycles. The first-order chi connectivity index (χ1) is 8.95. The normalized spacial score (nSPS) is 13.4. The summed E-state index contributed by atoms with van der Waals surface area (Å²) in [6, 6.07) is 4.43. The monoisotopic (exact) mass is 270 g/mol. The van der Waals surface area contributed by atoms with Crippen LogP contribution >= 0.6 is 0 Å². The number of rotatable bonds is 7. The highest BCUT2D eigenvalue weighted by molar-refractivity contribution is 5.37. The number of nitrogens with one attached hydrogen (secondary N) is 1. The zero-order valence-electron chi connectivity index (χ0n) is 12.0. The molecule has 0 aliphatic heterocycles. The smallest absolute Gasteiger partial charge is 0.131 e. The molecule has 3 N–H and O–H groups in total. The van der Waals surface area contributed by atoms with Gasteiger partial charge < -0.3 is 9.47 Å². The molecule has 0 fully saturated rings. The van der Waals surface area contributed by atoms with E-state index in [2.05, 4.69) is 5.43 Å². The van der Waals surface area contributed by atoms with Crippen molar-refractivity contribution in [2.75, 3.05) is 14.2 Å². The van der Waals surface area contributed by atoms with Crippen molar-refractivity contribution in [2.24, 2.45) is 5.84 Å². The lowest BCUT2D eigenvalue weighted by Gasteiger charge is -2.26. The van der Waals surface area contributed by atoms with Crippen LogP contribution in [-0.4, -0.2) is 19.8 Å². The summed E-state index contributed by atoms with van der Waals surface area (Å²) in [7, 11) is 3.18. The van der Waals surface area contributed by atoms with Crippen LogP contribution in [0.3, 0.4) is 0 Å². The van der Waals surface area contributed by atoms with Crippen molar-refractivity contribution in [1.29, 1.82) is 0 Å². The summed E-state index contributed by atoms with van der Waals surface area (Å²) >= 11 is 0. The molecule has 1 atom stereocenters. The van der Waals surface area contributed by atoms with Gasteiger partial charge in [0.25, 0.3) is 0 Å². The van der Waals surface area contributed by atoms with Gasteiger partial charge in [-0.15, -0.1) is 0 Å². The number of hydrazine groups is 1. The van der Waals surface area contributed by atoms with Crippen LogP contribution in [0.5, 0.6) is 5.75 Å². The van der Waals surface area contributed by atoms with E-state index < -0.39 is 0 Å². The first-order valence-electron chi connectivity index (χ1n) is 6.29. The summed E-state index contributed by atoms with van der Waals surface area (Å²) in [5, 5.41) is 0. The van der Waals surface area contributed by atoms with Gasteiger partial charge in [0.15, 0.2) is 0 Å². The number of hydrogen-bond acceptors (Lipinski definition) is 4. The average molecular weight is 270 g/mol. The van der Waals surface area contributed by atoms with E-state index in [1.54, 1.807) is 19.2 Å². The van der Waals surface area contributed by atoms with Crippen molar-refractivity contribution in [3.8, 4) is 5.75 Å². The zero-order chi connectivity index (χ0) is 14.5. The van der Waals surface area contributed by atoms with Crippen molar-refractivity contribution >= 4 is 0 Å². The minimum atomic E-state index is -0.322. The van der Waals surface area contributed by atoms with Crippen LogP contribution in [-0.2, 0) is 4.74 Å². The topological polar surface area (TPSA) is 56.5 Å². The zero-order valence-corrected chi connectivity index (χ0v) is 12.0. The van der Waals surface area contributed by atoms with Gasteiger partial charge in [0.1, 0.15) is 11.6 Å². The molecule has 1 unspecified atom stereocenters. The van der Waals surface area contributed by atoms with E-state index in [1.807, 2.05) is 13.8 Å². The van der Waals surface area contributed by atoms with Gasteiger partial charge >= 0.3 is 0 Å². The fraction of sp³-hybridized carbons (Fsp3) is 0.571. The summed E-state index contributed by atoms with van der Waals surface area (Å²) in [4.78, 5) is 0. The molecule has 19 heavy (non-hydrogen) atoms. The average Bonchev–Trinajstić information content (AvgIpc) is 2.40. The Hall–Kier alpha value is -1.17. The van der Waals surface area contributed by atoms with Crippen LogP contribution < -0.4 is 16.0 Å². The SMILES string of the molecule is COc1cccc(F)c1C(CCC(C)(C)OC)NN. The first-order valence-corrected chi connectivity index (χ1v) is 6.29. The molecule has 4 nitrogen and oxygen atoms in total. The molecule has 1 rings (SSSR count). The highest BCUT2D eigenvalue weighted by Crippen LogP contribution is 2.32. The minimum Gasteiger partial charge on any atom is -0.496 e. The van der Waals surface area contributed by atoms with Crippen LogP contribution in [0.1, 0.15) is 38.3 Å². The largest absolute Gasteiger partial charge is 0.496 e. The lowest BCUT2D eigenvalue weighted by atomic mass is 9.94. The molecule has 0 aromatic heterocycles. The van der Waals surface area contributed by atoms with Crippen LogP contribution in [0.4, 0.5) is 4.39 Å². The third-order valence-electron chi connectivity index (χ3n) is 3.37. The molecule has 1 aromatic rings. The van der Waals surface area contributed by atoms with Gasteiger partial charge in [0, 0.05) is 12.7 Å². The second-order valence-electron chi connectivity index (χ2n) is 5.08. The van der Waals surface area contributed by atoms with E-state index in [0.29, 0.717) is 17.7 Å². The second-order valence-corrected chi connectivity index (χ2v) is 5.08. The standard InChI is InChI=1S/C14H23FN2O2/c1-14(2,19-4)9-8-11(17-16)13-10(15)6-5-7-12(13)18-3/h5-7,11,17H,8-9,16H2,1-4H3. The van der Waals surface area contributed by atoms with Crippen molar-refractivity contribution in [1.82, 2.24) is 5.43 Å². The Morgan fingerprint density at radius 2 is 2.05 bits per heavy atom. The number of methoxy groups -OCH3 is 2. The van der Waals surface area contributed by atoms with Crippen LogP contribution in [0.15, 0.2) is 18.2 Å². The van der Waals surface area contributed by atoms with Crippen molar-refractivity contribution in [3.05, 3.63) is 29.6 Å². The molecule has 0 saturated heterocycles. The van der Waals surface area contributed by atoms with Gasteiger partial charge in [-0.05, 0) is 38.8 Å². The number of nitrogens with two attached hydrogens (primary N) is 1. The summed E-state index contributed by atoms with van der Waals surface area (Å²) in [6.07, 6.45) is 1.39. The van der Waals surface area contributed by atoms with E-state index in [4.69, 9.17) is 15.3 Å². The third kappa shape index (κ3) is 4.16. The quantitative estimate of drug-likeness (QED) is 0.590. The lowest BCUT2D eigenvalue weighted by molar-refractivity contribution is 0.0115. The maximum absolute atomic E-state index is 14.0. The lowest BCUT2D eigenvalue weighted by Crippen LogP contribution is -2.32. The molecule has 0 heterocycles. The van der Waals surface area contributed by atoms with Crippen LogP contribution in [0.25, 0.3) is 0 Å². The summed E-state index contributed by atoms with van der Waals surface area (Å²) in [5.41, 5.74) is 2.84. The Morgan fingerprint density at radius 3 is 2.58 bits per heavy atom. The molecule has 0 radical (unpaired) electrons. The number of benzene rings is 1. The number of halogens is 1. The summed E-state index contributed by atoms with van der Waals surface area (Å²) < 4.78 is 24.5.